The molecule has 2 heteroatoms. The Morgan fingerprint density at radius 1 is 1.31 bits per heavy atom. The maximum Gasteiger partial charge on any atom is 0.140 e. The van der Waals surface area contributed by atoms with Crippen LogP contribution in [0.1, 0.15) is 24.6 Å². The number of halogens is 1. The highest BCUT2D eigenvalue weighted by molar-refractivity contribution is 7.19. The van der Waals surface area contributed by atoms with E-state index < -0.39 is 0 Å². The van der Waals surface area contributed by atoms with Crippen LogP contribution < -0.4 is 0 Å². The average molecular weight is 194 g/mol. The Balaban J connectivity index is 2.68. The van der Waals surface area contributed by atoms with Crippen LogP contribution in [0.3, 0.4) is 0 Å². The van der Waals surface area contributed by atoms with Crippen LogP contribution in [-0.4, -0.2) is 0 Å². The molecule has 0 bridgehead atoms. The van der Waals surface area contributed by atoms with Crippen molar-refractivity contribution < 1.29 is 4.39 Å². The minimum atomic E-state index is -0.102. The maximum absolute atomic E-state index is 13.3. The number of thiophene rings is 1. The Labute approximate surface area is 81.0 Å². The Bertz CT molecular complexity index is 429. The summed E-state index contributed by atoms with van der Waals surface area (Å²) in [4.78, 5) is 1.25. The lowest BCUT2D eigenvalue weighted by molar-refractivity contribution is 0.642. The first kappa shape index (κ1) is 8.70. The van der Waals surface area contributed by atoms with Crippen molar-refractivity contribution in [3.63, 3.8) is 0 Å². The number of hydrogen-bond donors (Lipinski definition) is 0. The summed E-state index contributed by atoms with van der Waals surface area (Å²) in [5, 5.41) is 1.02. The van der Waals surface area contributed by atoms with Gasteiger partial charge in [-0.15, -0.1) is 11.3 Å². The van der Waals surface area contributed by atoms with E-state index in [0.717, 1.165) is 10.1 Å². The summed E-state index contributed by atoms with van der Waals surface area (Å²) in [6, 6.07) is 7.31. The van der Waals surface area contributed by atoms with E-state index in [0.29, 0.717) is 5.92 Å². The van der Waals surface area contributed by atoms with Crippen LogP contribution in [-0.2, 0) is 0 Å². The van der Waals surface area contributed by atoms with Crippen LogP contribution >= 0.6 is 11.3 Å². The lowest BCUT2D eigenvalue weighted by atomic mass is 10.1. The van der Waals surface area contributed by atoms with E-state index in [4.69, 9.17) is 0 Å². The minimum Gasteiger partial charge on any atom is -0.205 e. The van der Waals surface area contributed by atoms with Gasteiger partial charge in [-0.2, -0.15) is 0 Å². The van der Waals surface area contributed by atoms with Gasteiger partial charge in [-0.05, 0) is 23.4 Å². The van der Waals surface area contributed by atoms with Crippen molar-refractivity contribution in [1.82, 2.24) is 0 Å². The molecule has 68 valence electrons. The first-order chi connectivity index (χ1) is 6.18. The summed E-state index contributed by atoms with van der Waals surface area (Å²) in [5.41, 5.74) is 0. The zero-order chi connectivity index (χ0) is 9.42. The number of benzene rings is 1. The monoisotopic (exact) mass is 194 g/mol. The van der Waals surface area contributed by atoms with Crippen LogP contribution in [0.15, 0.2) is 24.3 Å². The van der Waals surface area contributed by atoms with Gasteiger partial charge in [0.1, 0.15) is 5.82 Å². The van der Waals surface area contributed by atoms with Gasteiger partial charge < -0.3 is 0 Å². The molecule has 1 aromatic heterocycles. The molecule has 0 aliphatic carbocycles. The van der Waals surface area contributed by atoms with Crippen molar-refractivity contribution in [2.24, 2.45) is 0 Å². The van der Waals surface area contributed by atoms with E-state index in [1.165, 1.54) is 10.9 Å². The van der Waals surface area contributed by atoms with E-state index in [1.54, 1.807) is 17.4 Å². The zero-order valence-electron chi connectivity index (χ0n) is 7.67. The van der Waals surface area contributed by atoms with Gasteiger partial charge in [0, 0.05) is 4.88 Å². The van der Waals surface area contributed by atoms with Crippen molar-refractivity contribution in [2.75, 3.05) is 0 Å². The molecule has 0 N–H and O–H groups in total. The number of rotatable bonds is 1. The second-order valence-corrected chi connectivity index (χ2v) is 4.55. The van der Waals surface area contributed by atoms with E-state index in [2.05, 4.69) is 19.9 Å². The van der Waals surface area contributed by atoms with Crippen molar-refractivity contribution in [3.05, 3.63) is 35.0 Å². The SMILES string of the molecule is CC(C)c1cc2cccc(F)c2s1. The lowest BCUT2D eigenvalue weighted by Crippen LogP contribution is -1.77. The smallest absolute Gasteiger partial charge is 0.140 e. The third-order valence-corrected chi connectivity index (χ3v) is 3.54. The van der Waals surface area contributed by atoms with Gasteiger partial charge in [0.05, 0.1) is 4.70 Å². The fraction of sp³-hybridized carbons (Fsp3) is 0.273. The third kappa shape index (κ3) is 1.46. The van der Waals surface area contributed by atoms with Gasteiger partial charge in [0.25, 0.3) is 0 Å². The predicted molar refractivity (Wildman–Crippen MR) is 55.9 cm³/mol. The topological polar surface area (TPSA) is 0 Å². The lowest BCUT2D eigenvalue weighted by Gasteiger charge is -1.96. The molecule has 0 spiro atoms. The fourth-order valence-corrected chi connectivity index (χ4v) is 2.40. The molecule has 0 aliphatic heterocycles. The first-order valence-electron chi connectivity index (χ1n) is 4.36. The van der Waals surface area contributed by atoms with Crippen LogP contribution in [0.2, 0.25) is 0 Å². The zero-order valence-corrected chi connectivity index (χ0v) is 8.49. The Kier molecular flexibility index (Phi) is 2.08. The summed E-state index contributed by atoms with van der Waals surface area (Å²) in [6.45, 7) is 4.26. The van der Waals surface area contributed by atoms with Crippen LogP contribution in [0.5, 0.6) is 0 Å². The molecule has 0 radical (unpaired) electrons. The Morgan fingerprint density at radius 2 is 2.08 bits per heavy atom. The molecular weight excluding hydrogens is 183 g/mol. The molecule has 1 aromatic carbocycles. The molecule has 0 atom stereocenters. The molecule has 0 nitrogen and oxygen atoms in total. The molecule has 0 saturated heterocycles. The summed E-state index contributed by atoms with van der Waals surface area (Å²) >= 11 is 1.56. The van der Waals surface area contributed by atoms with Crippen LogP contribution in [0.4, 0.5) is 4.39 Å². The van der Waals surface area contributed by atoms with Crippen molar-refractivity contribution in [3.8, 4) is 0 Å². The number of fused-ring (bicyclic) bond motifs is 1. The second kappa shape index (κ2) is 3.11. The van der Waals surface area contributed by atoms with Crippen LogP contribution in [0, 0.1) is 5.82 Å². The summed E-state index contributed by atoms with van der Waals surface area (Å²) in [6.07, 6.45) is 0. The largest absolute Gasteiger partial charge is 0.205 e. The van der Waals surface area contributed by atoms with Gasteiger partial charge in [0.15, 0.2) is 0 Å². The molecule has 0 aliphatic rings. The van der Waals surface area contributed by atoms with Crippen molar-refractivity contribution in [1.29, 1.82) is 0 Å². The highest BCUT2D eigenvalue weighted by Crippen LogP contribution is 2.31. The minimum absolute atomic E-state index is 0.102. The summed E-state index contributed by atoms with van der Waals surface area (Å²) in [5.74, 6) is 0.381. The maximum atomic E-state index is 13.3. The van der Waals surface area contributed by atoms with Gasteiger partial charge in [-0.3, -0.25) is 0 Å². The van der Waals surface area contributed by atoms with Crippen molar-refractivity contribution >= 4 is 21.4 Å². The summed E-state index contributed by atoms with van der Waals surface area (Å²) in [7, 11) is 0. The molecule has 0 saturated carbocycles. The second-order valence-electron chi connectivity index (χ2n) is 3.46. The third-order valence-electron chi connectivity index (χ3n) is 2.08. The summed E-state index contributed by atoms with van der Waals surface area (Å²) < 4.78 is 14.1. The molecule has 1 heterocycles. The number of hydrogen-bond acceptors (Lipinski definition) is 1. The standard InChI is InChI=1S/C11H11FS/c1-7(2)10-6-8-4-3-5-9(12)11(8)13-10/h3-7H,1-2H3. The van der Waals surface area contributed by atoms with E-state index in [1.807, 2.05) is 6.07 Å². The molecule has 0 fully saturated rings. The molecule has 2 aromatic rings. The Hall–Kier alpha value is -0.890. The van der Waals surface area contributed by atoms with Gasteiger partial charge in [-0.1, -0.05) is 26.0 Å². The quantitative estimate of drug-likeness (QED) is 0.639. The Morgan fingerprint density at radius 3 is 2.69 bits per heavy atom. The molecule has 13 heavy (non-hydrogen) atoms. The normalized spacial score (nSPS) is 11.4. The molecule has 0 amide bonds. The van der Waals surface area contributed by atoms with Crippen molar-refractivity contribution in [2.45, 2.75) is 19.8 Å². The predicted octanol–water partition coefficient (Wildman–Crippen LogP) is 4.16. The van der Waals surface area contributed by atoms with Gasteiger partial charge in [0.2, 0.25) is 0 Å². The van der Waals surface area contributed by atoms with Crippen LogP contribution in [0.25, 0.3) is 10.1 Å². The molecule has 0 unspecified atom stereocenters. The highest BCUT2D eigenvalue weighted by atomic mass is 32.1. The average Bonchev–Trinajstić information content (AvgIpc) is 2.49. The van der Waals surface area contributed by atoms with E-state index >= 15 is 0 Å². The van der Waals surface area contributed by atoms with Gasteiger partial charge in [-0.25, -0.2) is 4.39 Å². The van der Waals surface area contributed by atoms with E-state index in [-0.39, 0.29) is 5.82 Å². The highest BCUT2D eigenvalue weighted by Gasteiger charge is 2.07. The van der Waals surface area contributed by atoms with Gasteiger partial charge >= 0.3 is 0 Å². The fourth-order valence-electron chi connectivity index (χ4n) is 1.33. The molecule has 2 rings (SSSR count). The first-order valence-corrected chi connectivity index (χ1v) is 5.18. The van der Waals surface area contributed by atoms with E-state index in [9.17, 15) is 4.39 Å². The molecular formula is C11H11FS.